The summed E-state index contributed by atoms with van der Waals surface area (Å²) in [6.07, 6.45) is 0. The van der Waals surface area contributed by atoms with Crippen molar-refractivity contribution in [3.63, 3.8) is 0 Å². The number of nitrogens with one attached hydrogen (secondary N) is 4. The monoisotopic (exact) mass is 272 g/mol. The normalized spacial score (nSPS) is 9.59. The van der Waals surface area contributed by atoms with Crippen LogP contribution in [0.25, 0.3) is 0 Å². The van der Waals surface area contributed by atoms with Gasteiger partial charge in [-0.1, -0.05) is 11.6 Å². The SMILES string of the molecule is CNC(=S)NC(=N)Nc1c(C)cc(O)cc1Cl. The quantitative estimate of drug-likeness (QED) is 0.233. The van der Waals surface area contributed by atoms with E-state index < -0.39 is 0 Å². The molecule has 0 bridgehead atoms. The highest BCUT2D eigenvalue weighted by Gasteiger charge is 2.08. The Kier molecular flexibility index (Phi) is 4.53. The minimum Gasteiger partial charge on any atom is -0.508 e. The second kappa shape index (κ2) is 5.70. The number of rotatable bonds is 1. The van der Waals surface area contributed by atoms with E-state index in [0.29, 0.717) is 15.8 Å². The number of phenolic OH excluding ortho intramolecular Hbond substituents is 1. The zero-order valence-electron chi connectivity index (χ0n) is 9.39. The van der Waals surface area contributed by atoms with Crippen LogP contribution < -0.4 is 16.0 Å². The molecule has 0 amide bonds. The molecule has 0 aliphatic heterocycles. The number of halogens is 1. The van der Waals surface area contributed by atoms with Crippen LogP contribution in [0.1, 0.15) is 5.56 Å². The highest BCUT2D eigenvalue weighted by atomic mass is 35.5. The Labute approximate surface area is 110 Å². The van der Waals surface area contributed by atoms with E-state index in [2.05, 4.69) is 16.0 Å². The van der Waals surface area contributed by atoms with Crippen molar-refractivity contribution in [3.8, 4) is 5.75 Å². The summed E-state index contributed by atoms with van der Waals surface area (Å²) in [6, 6.07) is 2.96. The zero-order chi connectivity index (χ0) is 13.0. The molecule has 0 aromatic heterocycles. The van der Waals surface area contributed by atoms with Gasteiger partial charge in [-0.15, -0.1) is 0 Å². The van der Waals surface area contributed by atoms with Gasteiger partial charge < -0.3 is 21.1 Å². The minimum absolute atomic E-state index is 0.0000368. The number of hydrogen-bond acceptors (Lipinski definition) is 3. The molecule has 0 heterocycles. The first-order valence-electron chi connectivity index (χ1n) is 4.77. The third kappa shape index (κ3) is 3.76. The van der Waals surface area contributed by atoms with Crippen molar-refractivity contribution in [3.05, 3.63) is 22.7 Å². The summed E-state index contributed by atoms with van der Waals surface area (Å²) in [4.78, 5) is 0. The summed E-state index contributed by atoms with van der Waals surface area (Å²) in [6.45, 7) is 1.78. The lowest BCUT2D eigenvalue weighted by Crippen LogP contribution is -2.40. The number of phenols is 1. The third-order valence-corrected chi connectivity index (χ3v) is 2.59. The number of hydrogen-bond donors (Lipinski definition) is 5. The van der Waals surface area contributed by atoms with Crippen LogP contribution in [0.4, 0.5) is 5.69 Å². The highest BCUT2D eigenvalue weighted by molar-refractivity contribution is 7.80. The minimum atomic E-state index is 0.0000368. The maximum Gasteiger partial charge on any atom is 0.199 e. The van der Waals surface area contributed by atoms with Crippen molar-refractivity contribution in [2.75, 3.05) is 12.4 Å². The topological polar surface area (TPSA) is 80.2 Å². The van der Waals surface area contributed by atoms with Gasteiger partial charge in [-0.3, -0.25) is 5.41 Å². The van der Waals surface area contributed by atoms with E-state index in [0.717, 1.165) is 5.56 Å². The third-order valence-electron chi connectivity index (χ3n) is 1.99. The van der Waals surface area contributed by atoms with Gasteiger partial charge in [0.1, 0.15) is 5.75 Å². The largest absolute Gasteiger partial charge is 0.508 e. The predicted molar refractivity (Wildman–Crippen MR) is 74.0 cm³/mol. The van der Waals surface area contributed by atoms with Crippen molar-refractivity contribution in [1.29, 1.82) is 5.41 Å². The first-order valence-corrected chi connectivity index (χ1v) is 5.56. The smallest absolute Gasteiger partial charge is 0.199 e. The molecule has 0 saturated heterocycles. The summed E-state index contributed by atoms with van der Waals surface area (Å²) >= 11 is 10.8. The van der Waals surface area contributed by atoms with Crippen molar-refractivity contribution in [1.82, 2.24) is 10.6 Å². The lowest BCUT2D eigenvalue weighted by atomic mass is 10.2. The molecule has 7 heteroatoms. The molecule has 0 radical (unpaired) electrons. The average molecular weight is 273 g/mol. The van der Waals surface area contributed by atoms with E-state index in [9.17, 15) is 5.11 Å². The Hall–Kier alpha value is -1.53. The molecule has 92 valence electrons. The van der Waals surface area contributed by atoms with Gasteiger partial charge in [-0.2, -0.15) is 0 Å². The lowest BCUT2D eigenvalue weighted by molar-refractivity contribution is 0.475. The van der Waals surface area contributed by atoms with Crippen LogP contribution in [0.3, 0.4) is 0 Å². The fourth-order valence-electron chi connectivity index (χ4n) is 1.22. The van der Waals surface area contributed by atoms with Gasteiger partial charge in [0.05, 0.1) is 10.7 Å². The molecule has 0 aliphatic carbocycles. The van der Waals surface area contributed by atoms with Crippen LogP contribution in [0.2, 0.25) is 5.02 Å². The van der Waals surface area contributed by atoms with Gasteiger partial charge in [0.2, 0.25) is 0 Å². The summed E-state index contributed by atoms with van der Waals surface area (Å²) in [5.74, 6) is 0.0864. The molecule has 1 rings (SSSR count). The van der Waals surface area contributed by atoms with Crippen LogP contribution in [-0.4, -0.2) is 23.2 Å². The number of aromatic hydroxyl groups is 1. The molecule has 1 aromatic rings. The average Bonchev–Trinajstić information content (AvgIpc) is 2.23. The van der Waals surface area contributed by atoms with Crippen molar-refractivity contribution in [2.45, 2.75) is 6.92 Å². The van der Waals surface area contributed by atoms with E-state index in [4.69, 9.17) is 29.2 Å². The Morgan fingerprint density at radius 3 is 2.65 bits per heavy atom. The van der Waals surface area contributed by atoms with Crippen molar-refractivity contribution in [2.24, 2.45) is 0 Å². The van der Waals surface area contributed by atoms with Gasteiger partial charge in [0.15, 0.2) is 11.1 Å². The van der Waals surface area contributed by atoms with Crippen LogP contribution >= 0.6 is 23.8 Å². The molecule has 0 saturated carbocycles. The van der Waals surface area contributed by atoms with Gasteiger partial charge in [0, 0.05) is 13.1 Å². The molecule has 0 aliphatic rings. The van der Waals surface area contributed by atoms with Crippen molar-refractivity contribution < 1.29 is 5.11 Å². The molecule has 0 spiro atoms. The lowest BCUT2D eigenvalue weighted by Gasteiger charge is -2.14. The van der Waals surface area contributed by atoms with Gasteiger partial charge >= 0.3 is 0 Å². The molecule has 0 atom stereocenters. The molecule has 5 nitrogen and oxygen atoms in total. The second-order valence-corrected chi connectivity index (χ2v) is 4.14. The first-order chi connectivity index (χ1) is 7.93. The van der Waals surface area contributed by atoms with Crippen molar-refractivity contribution >= 4 is 40.6 Å². The zero-order valence-corrected chi connectivity index (χ0v) is 11.0. The second-order valence-electron chi connectivity index (χ2n) is 3.32. The van der Waals surface area contributed by atoms with Crippen LogP contribution in [0, 0.1) is 12.3 Å². The van der Waals surface area contributed by atoms with E-state index in [1.54, 1.807) is 20.0 Å². The number of anilines is 1. The Bertz CT molecular complexity index is 441. The van der Waals surface area contributed by atoms with Gasteiger partial charge in [-0.25, -0.2) is 0 Å². The number of guanidine groups is 1. The van der Waals surface area contributed by atoms with Crippen LogP contribution in [-0.2, 0) is 0 Å². The highest BCUT2D eigenvalue weighted by Crippen LogP contribution is 2.29. The van der Waals surface area contributed by atoms with E-state index >= 15 is 0 Å². The van der Waals surface area contributed by atoms with Gasteiger partial charge in [0.25, 0.3) is 0 Å². The molecule has 5 N–H and O–H groups in total. The van der Waals surface area contributed by atoms with Gasteiger partial charge in [-0.05, 0) is 30.8 Å². The van der Waals surface area contributed by atoms with Crippen LogP contribution in [0.15, 0.2) is 12.1 Å². The summed E-state index contributed by atoms with van der Waals surface area (Å²) in [7, 11) is 1.65. The summed E-state index contributed by atoms with van der Waals surface area (Å²) < 4.78 is 0. The van der Waals surface area contributed by atoms with Crippen LogP contribution in [0.5, 0.6) is 5.75 Å². The van der Waals surface area contributed by atoms with E-state index in [-0.39, 0.29) is 11.7 Å². The molecular formula is C10H13ClN4OS. The predicted octanol–water partition coefficient (Wildman–Crippen LogP) is 1.79. The maximum atomic E-state index is 9.32. The Morgan fingerprint density at radius 1 is 1.47 bits per heavy atom. The molecule has 0 fully saturated rings. The molecule has 0 unspecified atom stereocenters. The number of aryl methyl sites for hydroxylation is 1. The Balaban J connectivity index is 2.82. The number of benzene rings is 1. The number of thiocarbonyl (C=S) groups is 1. The first kappa shape index (κ1) is 13.5. The maximum absolute atomic E-state index is 9.32. The van der Waals surface area contributed by atoms with E-state index in [1.165, 1.54) is 6.07 Å². The summed E-state index contributed by atoms with van der Waals surface area (Å²) in [5.41, 5.74) is 1.29. The molecule has 17 heavy (non-hydrogen) atoms. The molecular weight excluding hydrogens is 260 g/mol. The Morgan fingerprint density at radius 2 is 2.12 bits per heavy atom. The fraction of sp³-hybridized carbons (Fsp3) is 0.200. The molecule has 1 aromatic carbocycles. The van der Waals surface area contributed by atoms with E-state index in [1.807, 2.05) is 0 Å². The fourth-order valence-corrected chi connectivity index (χ4v) is 1.63. The standard InChI is InChI=1S/C10H13ClN4OS/c1-5-3-6(16)4-7(11)8(5)14-9(12)15-10(17)13-2/h3-4,16H,1-2H3,(H4,12,13,14,15,17). The summed E-state index contributed by atoms with van der Waals surface area (Å²) in [5, 5.41) is 25.7.